The largest absolute Gasteiger partial charge is 0.381 e. The molecule has 1 aromatic heterocycles. The highest BCUT2D eigenvalue weighted by Gasteiger charge is 2.18. The van der Waals surface area contributed by atoms with Gasteiger partial charge >= 0.3 is 0 Å². The third-order valence-corrected chi connectivity index (χ3v) is 2.01. The van der Waals surface area contributed by atoms with Crippen molar-refractivity contribution in [1.29, 1.82) is 0 Å². The molecule has 0 aromatic carbocycles. The zero-order chi connectivity index (χ0) is 9.10. The lowest BCUT2D eigenvalue weighted by Gasteiger charge is -2.25. The van der Waals surface area contributed by atoms with E-state index in [4.69, 9.17) is 9.57 Å². The van der Waals surface area contributed by atoms with E-state index in [0.29, 0.717) is 5.92 Å². The second-order valence-electron chi connectivity index (χ2n) is 3.16. The third kappa shape index (κ3) is 1.99. The fraction of sp³-hybridized carbons (Fsp3) is 0.625. The molecule has 2 heterocycles. The first kappa shape index (κ1) is 8.52. The monoisotopic (exact) mass is 183 g/mol. The first-order valence-electron chi connectivity index (χ1n) is 4.27. The summed E-state index contributed by atoms with van der Waals surface area (Å²) >= 11 is 0. The molecule has 5 nitrogen and oxygen atoms in total. The normalized spacial score (nSPS) is 17.0. The van der Waals surface area contributed by atoms with Crippen LogP contribution in [0.5, 0.6) is 0 Å². The van der Waals surface area contributed by atoms with Crippen LogP contribution in [0.15, 0.2) is 12.4 Å². The lowest BCUT2D eigenvalue weighted by atomic mass is 10.1. The predicted octanol–water partition coefficient (Wildman–Crippen LogP) is 0.503. The van der Waals surface area contributed by atoms with Gasteiger partial charge in [0.05, 0.1) is 38.4 Å². The van der Waals surface area contributed by atoms with Crippen molar-refractivity contribution in [3.05, 3.63) is 12.4 Å². The molecular weight excluding hydrogens is 170 g/mol. The third-order valence-electron chi connectivity index (χ3n) is 2.01. The Hall–Kier alpha value is -1.07. The lowest BCUT2D eigenvalue weighted by Crippen LogP contribution is -2.31. The van der Waals surface area contributed by atoms with Gasteiger partial charge in [0.2, 0.25) is 0 Å². The number of aromatic nitrogens is 2. The van der Waals surface area contributed by atoms with Crippen molar-refractivity contribution >= 4 is 5.69 Å². The zero-order valence-electron chi connectivity index (χ0n) is 7.56. The van der Waals surface area contributed by atoms with Crippen molar-refractivity contribution in [3.8, 4) is 0 Å². The van der Waals surface area contributed by atoms with Crippen LogP contribution < -0.4 is 5.48 Å². The lowest BCUT2D eigenvalue weighted by molar-refractivity contribution is -0.0408. The van der Waals surface area contributed by atoms with Gasteiger partial charge in [-0.05, 0) is 0 Å². The minimum absolute atomic E-state index is 0.621. The van der Waals surface area contributed by atoms with Crippen LogP contribution in [0.1, 0.15) is 0 Å². The molecule has 2 rings (SSSR count). The maximum atomic E-state index is 5.08. The second kappa shape index (κ2) is 3.76. The highest BCUT2D eigenvalue weighted by molar-refractivity contribution is 5.35. The smallest absolute Gasteiger partial charge is 0.0983 e. The predicted molar refractivity (Wildman–Crippen MR) is 47.2 cm³/mol. The number of nitrogens with one attached hydrogen (secondary N) is 1. The van der Waals surface area contributed by atoms with Gasteiger partial charge in [-0.15, -0.1) is 0 Å². The van der Waals surface area contributed by atoms with Gasteiger partial charge in [-0.1, -0.05) is 0 Å². The van der Waals surface area contributed by atoms with Crippen LogP contribution in [0.2, 0.25) is 0 Å². The molecule has 0 unspecified atom stereocenters. The van der Waals surface area contributed by atoms with Crippen molar-refractivity contribution in [2.75, 3.05) is 25.8 Å². The Bertz CT molecular complexity index is 270. The van der Waals surface area contributed by atoms with Gasteiger partial charge in [0, 0.05) is 12.5 Å². The summed E-state index contributed by atoms with van der Waals surface area (Å²) in [4.78, 5) is 4.76. The van der Waals surface area contributed by atoms with Crippen LogP contribution in [0.3, 0.4) is 0 Å². The van der Waals surface area contributed by atoms with E-state index in [9.17, 15) is 0 Å². The van der Waals surface area contributed by atoms with Crippen LogP contribution in [-0.2, 0) is 16.1 Å². The van der Waals surface area contributed by atoms with E-state index in [0.717, 1.165) is 25.4 Å². The Balaban J connectivity index is 1.88. The average Bonchev–Trinajstić information content (AvgIpc) is 2.46. The molecule has 72 valence electrons. The summed E-state index contributed by atoms with van der Waals surface area (Å²) in [5.41, 5.74) is 3.60. The Morgan fingerprint density at radius 2 is 2.62 bits per heavy atom. The average molecular weight is 183 g/mol. The number of hydrogen-bond donors (Lipinski definition) is 1. The molecule has 1 aliphatic rings. The standard InChI is InChI=1S/C8H13N3O2/c1-12-10-8-2-9-11(4-8)3-7-5-13-6-7/h2,4,7,10H,3,5-6H2,1H3. The van der Waals surface area contributed by atoms with Crippen molar-refractivity contribution in [3.63, 3.8) is 0 Å². The molecule has 0 amide bonds. The van der Waals surface area contributed by atoms with Crippen molar-refractivity contribution < 1.29 is 9.57 Å². The fourth-order valence-electron chi connectivity index (χ4n) is 1.29. The van der Waals surface area contributed by atoms with Crippen molar-refractivity contribution in [1.82, 2.24) is 9.78 Å². The topological polar surface area (TPSA) is 48.3 Å². The first-order valence-corrected chi connectivity index (χ1v) is 4.27. The number of hydrogen-bond acceptors (Lipinski definition) is 4. The molecule has 0 aliphatic carbocycles. The molecule has 1 aliphatic heterocycles. The first-order chi connectivity index (χ1) is 6.38. The maximum absolute atomic E-state index is 5.08. The van der Waals surface area contributed by atoms with Gasteiger partial charge in [0.25, 0.3) is 0 Å². The van der Waals surface area contributed by atoms with Crippen molar-refractivity contribution in [2.45, 2.75) is 6.54 Å². The molecule has 1 aromatic rings. The molecule has 5 heteroatoms. The van der Waals surface area contributed by atoms with E-state index in [-0.39, 0.29) is 0 Å². The Kier molecular flexibility index (Phi) is 2.47. The van der Waals surface area contributed by atoms with Gasteiger partial charge in [-0.25, -0.2) is 0 Å². The molecule has 0 saturated carbocycles. The summed E-state index contributed by atoms with van der Waals surface area (Å²) in [7, 11) is 1.58. The second-order valence-corrected chi connectivity index (χ2v) is 3.16. The van der Waals surface area contributed by atoms with Gasteiger partial charge in [-0.3, -0.25) is 15.0 Å². The number of ether oxygens (including phenoxy) is 1. The van der Waals surface area contributed by atoms with Gasteiger partial charge in [-0.2, -0.15) is 5.10 Å². The number of nitrogens with zero attached hydrogens (tertiary/aromatic N) is 2. The Morgan fingerprint density at radius 1 is 1.77 bits per heavy atom. The summed E-state index contributed by atoms with van der Waals surface area (Å²) < 4.78 is 6.98. The molecular formula is C8H13N3O2. The summed E-state index contributed by atoms with van der Waals surface area (Å²) in [6.45, 7) is 2.63. The van der Waals surface area contributed by atoms with Crippen LogP contribution in [-0.4, -0.2) is 30.1 Å². The highest BCUT2D eigenvalue weighted by Crippen LogP contribution is 2.13. The Morgan fingerprint density at radius 3 is 3.23 bits per heavy atom. The highest BCUT2D eigenvalue weighted by atomic mass is 16.6. The van der Waals surface area contributed by atoms with E-state index in [1.54, 1.807) is 13.3 Å². The minimum Gasteiger partial charge on any atom is -0.381 e. The van der Waals surface area contributed by atoms with E-state index in [1.807, 2.05) is 10.9 Å². The molecule has 0 bridgehead atoms. The molecule has 0 atom stereocenters. The molecule has 0 spiro atoms. The number of anilines is 1. The Labute approximate surface area is 76.6 Å². The minimum atomic E-state index is 0.621. The van der Waals surface area contributed by atoms with E-state index in [1.165, 1.54) is 0 Å². The van der Waals surface area contributed by atoms with Crippen molar-refractivity contribution in [2.24, 2.45) is 5.92 Å². The summed E-state index contributed by atoms with van der Waals surface area (Å²) in [6.07, 6.45) is 3.66. The van der Waals surface area contributed by atoms with Crippen LogP contribution in [0.25, 0.3) is 0 Å². The fourth-order valence-corrected chi connectivity index (χ4v) is 1.29. The quantitative estimate of drug-likeness (QED) is 0.691. The van der Waals surface area contributed by atoms with Gasteiger partial charge < -0.3 is 4.74 Å². The van der Waals surface area contributed by atoms with Crippen LogP contribution in [0, 0.1) is 5.92 Å². The number of rotatable bonds is 4. The van der Waals surface area contributed by atoms with E-state index in [2.05, 4.69) is 10.6 Å². The van der Waals surface area contributed by atoms with E-state index < -0.39 is 0 Å². The molecule has 0 radical (unpaired) electrons. The summed E-state index contributed by atoms with van der Waals surface area (Å²) in [5.74, 6) is 0.621. The van der Waals surface area contributed by atoms with Crippen LogP contribution in [0.4, 0.5) is 5.69 Å². The van der Waals surface area contributed by atoms with E-state index >= 15 is 0 Å². The van der Waals surface area contributed by atoms with Gasteiger partial charge in [0.15, 0.2) is 0 Å². The summed E-state index contributed by atoms with van der Waals surface area (Å²) in [5, 5.41) is 4.18. The molecule has 13 heavy (non-hydrogen) atoms. The van der Waals surface area contributed by atoms with Gasteiger partial charge in [0.1, 0.15) is 0 Å². The SMILES string of the molecule is CONc1cnn(CC2COC2)c1. The maximum Gasteiger partial charge on any atom is 0.0983 e. The molecule has 1 saturated heterocycles. The summed E-state index contributed by atoms with van der Waals surface area (Å²) in [6, 6.07) is 0. The molecule has 1 N–H and O–H groups in total. The molecule has 1 fully saturated rings. The zero-order valence-corrected chi connectivity index (χ0v) is 7.56. The van der Waals surface area contributed by atoms with Crippen LogP contribution >= 0.6 is 0 Å².